The van der Waals surface area contributed by atoms with E-state index in [9.17, 15) is 0 Å². The van der Waals surface area contributed by atoms with Crippen LogP contribution in [0.2, 0.25) is 0 Å². The summed E-state index contributed by atoms with van der Waals surface area (Å²) in [7, 11) is 0. The molecule has 0 aliphatic carbocycles. The molecule has 0 spiro atoms. The van der Waals surface area contributed by atoms with Gasteiger partial charge >= 0.3 is 0 Å². The Kier molecular flexibility index (Phi) is 5.41. The van der Waals surface area contributed by atoms with Crippen LogP contribution in [0.5, 0.6) is 5.75 Å². The summed E-state index contributed by atoms with van der Waals surface area (Å²) < 4.78 is 5.81. The van der Waals surface area contributed by atoms with Crippen LogP contribution in [-0.2, 0) is 0 Å². The van der Waals surface area contributed by atoms with Crippen LogP contribution >= 0.6 is 11.3 Å². The van der Waals surface area contributed by atoms with Crippen molar-refractivity contribution in [3.63, 3.8) is 0 Å². The normalized spacial score (nSPS) is 10.7. The summed E-state index contributed by atoms with van der Waals surface area (Å²) in [5.74, 6) is 0.922. The molecule has 4 heteroatoms. The van der Waals surface area contributed by atoms with Gasteiger partial charge in [-0.15, -0.1) is 0 Å². The van der Waals surface area contributed by atoms with Crippen LogP contribution in [0, 0.1) is 6.92 Å². The highest BCUT2D eigenvalue weighted by Gasteiger charge is 2.08. The van der Waals surface area contributed by atoms with E-state index in [4.69, 9.17) is 10.5 Å². The van der Waals surface area contributed by atoms with E-state index in [1.807, 2.05) is 19.1 Å². The number of anilines is 1. The first-order valence-corrected chi connectivity index (χ1v) is 7.98. The number of aryl methyl sites for hydroxylation is 1. The molecule has 0 saturated carbocycles. The summed E-state index contributed by atoms with van der Waals surface area (Å²) in [6.45, 7) is 4.99. The molecule has 0 atom stereocenters. The molecule has 0 bridgehead atoms. The van der Waals surface area contributed by atoms with Gasteiger partial charge in [0.1, 0.15) is 5.75 Å². The van der Waals surface area contributed by atoms with E-state index in [0.717, 1.165) is 34.9 Å². The van der Waals surface area contributed by atoms with Gasteiger partial charge in [0.05, 0.1) is 17.2 Å². The number of benzene rings is 1. The highest BCUT2D eigenvalue weighted by Crippen LogP contribution is 2.32. The van der Waals surface area contributed by atoms with Crippen molar-refractivity contribution in [2.75, 3.05) is 12.3 Å². The third kappa shape index (κ3) is 3.97. The standard InChI is InChI=1S/C16H22N2OS/c1-3-4-5-6-10-19-14-9-7-8-13(11-14)15-12(2)18-16(17)20-15/h7-9,11H,3-6,10H2,1-2H3,(H2,17,18). The maximum atomic E-state index is 5.81. The maximum absolute atomic E-state index is 5.81. The second-order valence-electron chi connectivity index (χ2n) is 4.90. The largest absolute Gasteiger partial charge is 0.494 e. The van der Waals surface area contributed by atoms with E-state index in [0.29, 0.717) is 5.13 Å². The lowest BCUT2D eigenvalue weighted by molar-refractivity contribution is 0.305. The van der Waals surface area contributed by atoms with Gasteiger partial charge in [0.2, 0.25) is 0 Å². The third-order valence-electron chi connectivity index (χ3n) is 3.18. The average molecular weight is 290 g/mol. The van der Waals surface area contributed by atoms with Gasteiger partial charge in [-0.1, -0.05) is 49.7 Å². The Bertz CT molecular complexity index is 551. The molecule has 0 radical (unpaired) electrons. The number of hydrogen-bond donors (Lipinski definition) is 1. The Morgan fingerprint density at radius 2 is 2.10 bits per heavy atom. The number of unbranched alkanes of at least 4 members (excludes halogenated alkanes) is 3. The van der Waals surface area contributed by atoms with Crippen LogP contribution in [0.15, 0.2) is 24.3 Å². The first kappa shape index (κ1) is 14.9. The molecular formula is C16H22N2OS. The first-order valence-electron chi connectivity index (χ1n) is 7.17. The van der Waals surface area contributed by atoms with Crippen molar-refractivity contribution in [3.05, 3.63) is 30.0 Å². The Morgan fingerprint density at radius 1 is 1.25 bits per heavy atom. The van der Waals surface area contributed by atoms with Crippen LogP contribution in [0.4, 0.5) is 5.13 Å². The summed E-state index contributed by atoms with van der Waals surface area (Å²) in [4.78, 5) is 5.39. The fourth-order valence-corrected chi connectivity index (χ4v) is 2.96. The van der Waals surface area contributed by atoms with Crippen molar-refractivity contribution in [2.24, 2.45) is 0 Å². The van der Waals surface area contributed by atoms with Crippen molar-refractivity contribution in [1.29, 1.82) is 0 Å². The number of aromatic nitrogens is 1. The summed E-state index contributed by atoms with van der Waals surface area (Å²) in [6.07, 6.45) is 4.88. The molecular weight excluding hydrogens is 268 g/mol. The van der Waals surface area contributed by atoms with Crippen molar-refractivity contribution in [3.8, 4) is 16.2 Å². The molecule has 0 unspecified atom stereocenters. The summed E-state index contributed by atoms with van der Waals surface area (Å²) in [5.41, 5.74) is 7.86. The van der Waals surface area contributed by atoms with Gasteiger partial charge in [-0.3, -0.25) is 0 Å². The molecule has 2 N–H and O–H groups in total. The van der Waals surface area contributed by atoms with Crippen molar-refractivity contribution in [2.45, 2.75) is 39.5 Å². The highest BCUT2D eigenvalue weighted by molar-refractivity contribution is 7.18. The van der Waals surface area contributed by atoms with Crippen LogP contribution in [0.3, 0.4) is 0 Å². The van der Waals surface area contributed by atoms with Crippen LogP contribution < -0.4 is 10.5 Å². The van der Waals surface area contributed by atoms with Gasteiger partial charge < -0.3 is 10.5 Å². The van der Waals surface area contributed by atoms with Gasteiger partial charge in [0.15, 0.2) is 5.13 Å². The molecule has 0 saturated heterocycles. The van der Waals surface area contributed by atoms with Crippen LogP contribution in [0.25, 0.3) is 10.4 Å². The zero-order valence-corrected chi connectivity index (χ0v) is 13.0. The second kappa shape index (κ2) is 7.29. The Hall–Kier alpha value is -1.55. The van der Waals surface area contributed by atoms with Crippen molar-refractivity contribution >= 4 is 16.5 Å². The van der Waals surface area contributed by atoms with E-state index >= 15 is 0 Å². The molecule has 0 aliphatic heterocycles. The lowest BCUT2D eigenvalue weighted by Gasteiger charge is -2.07. The Balaban J connectivity index is 1.99. The molecule has 1 aromatic carbocycles. The number of nitrogens with two attached hydrogens (primary N) is 1. The predicted octanol–water partition coefficient (Wildman–Crippen LogP) is 4.66. The van der Waals surface area contributed by atoms with Crippen LogP contribution in [0.1, 0.15) is 38.3 Å². The monoisotopic (exact) mass is 290 g/mol. The molecule has 2 aromatic rings. The molecule has 0 fully saturated rings. The first-order chi connectivity index (χ1) is 9.70. The minimum Gasteiger partial charge on any atom is -0.494 e. The Morgan fingerprint density at radius 3 is 2.80 bits per heavy atom. The SMILES string of the molecule is CCCCCCOc1cccc(-c2sc(N)nc2C)c1. The third-order valence-corrected chi connectivity index (χ3v) is 4.21. The van der Waals surface area contributed by atoms with Crippen molar-refractivity contribution < 1.29 is 4.74 Å². The van der Waals surface area contributed by atoms with Gasteiger partial charge in [-0.2, -0.15) is 0 Å². The van der Waals surface area contributed by atoms with Crippen molar-refractivity contribution in [1.82, 2.24) is 4.98 Å². The van der Waals surface area contributed by atoms with E-state index in [-0.39, 0.29) is 0 Å². The van der Waals surface area contributed by atoms with E-state index in [1.165, 1.54) is 30.6 Å². The molecule has 0 aliphatic rings. The fourth-order valence-electron chi connectivity index (χ4n) is 2.13. The summed E-state index contributed by atoms with van der Waals surface area (Å²) >= 11 is 1.52. The number of ether oxygens (including phenoxy) is 1. The number of nitrogens with zero attached hydrogens (tertiary/aromatic N) is 1. The highest BCUT2D eigenvalue weighted by atomic mass is 32.1. The molecule has 0 amide bonds. The lowest BCUT2D eigenvalue weighted by atomic mass is 10.1. The molecule has 108 valence electrons. The molecule has 1 aromatic heterocycles. The van der Waals surface area contributed by atoms with Gasteiger partial charge in [0.25, 0.3) is 0 Å². The fraction of sp³-hybridized carbons (Fsp3) is 0.438. The van der Waals surface area contributed by atoms with Gasteiger partial charge in [0, 0.05) is 0 Å². The van der Waals surface area contributed by atoms with Crippen LogP contribution in [-0.4, -0.2) is 11.6 Å². The molecule has 1 heterocycles. The van der Waals surface area contributed by atoms with E-state index in [2.05, 4.69) is 24.0 Å². The Labute approximate surface area is 124 Å². The number of hydrogen-bond acceptors (Lipinski definition) is 4. The summed E-state index contributed by atoms with van der Waals surface area (Å²) in [5, 5.41) is 0.614. The van der Waals surface area contributed by atoms with Gasteiger partial charge in [-0.05, 0) is 31.0 Å². The molecule has 2 rings (SSSR count). The quantitative estimate of drug-likeness (QED) is 0.754. The molecule has 3 nitrogen and oxygen atoms in total. The minimum absolute atomic E-state index is 0.614. The smallest absolute Gasteiger partial charge is 0.180 e. The average Bonchev–Trinajstić information content (AvgIpc) is 2.78. The predicted molar refractivity (Wildman–Crippen MR) is 86.3 cm³/mol. The number of rotatable bonds is 7. The summed E-state index contributed by atoms with van der Waals surface area (Å²) in [6, 6.07) is 8.17. The zero-order chi connectivity index (χ0) is 14.4. The second-order valence-corrected chi connectivity index (χ2v) is 5.93. The van der Waals surface area contributed by atoms with E-state index in [1.54, 1.807) is 0 Å². The number of thiazole rings is 1. The lowest BCUT2D eigenvalue weighted by Crippen LogP contribution is -1.97. The van der Waals surface area contributed by atoms with Gasteiger partial charge in [-0.25, -0.2) is 4.98 Å². The maximum Gasteiger partial charge on any atom is 0.180 e. The minimum atomic E-state index is 0.614. The topological polar surface area (TPSA) is 48.1 Å². The zero-order valence-electron chi connectivity index (χ0n) is 12.2. The van der Waals surface area contributed by atoms with E-state index < -0.39 is 0 Å². The molecule has 20 heavy (non-hydrogen) atoms. The number of nitrogen functional groups attached to an aromatic ring is 1.